The first-order valence-corrected chi connectivity index (χ1v) is 6.02. The summed E-state index contributed by atoms with van der Waals surface area (Å²) in [5.41, 5.74) is 3.81. The molecule has 0 atom stereocenters. The van der Waals surface area contributed by atoms with Crippen LogP contribution in [0.2, 0.25) is 0 Å². The van der Waals surface area contributed by atoms with Gasteiger partial charge >= 0.3 is 0 Å². The summed E-state index contributed by atoms with van der Waals surface area (Å²) in [6, 6.07) is 17.4. The molecule has 19 heavy (non-hydrogen) atoms. The molecule has 0 aliphatic carbocycles. The second-order valence-corrected chi connectivity index (χ2v) is 4.25. The molecule has 0 spiro atoms. The molecule has 0 unspecified atom stereocenters. The molecule has 1 heterocycles. The average Bonchev–Trinajstić information content (AvgIpc) is 2.98. The Morgan fingerprint density at radius 2 is 1.63 bits per heavy atom. The Kier molecular flexibility index (Phi) is 2.94. The Labute approximate surface area is 111 Å². The molecule has 1 aromatic heterocycles. The van der Waals surface area contributed by atoms with Gasteiger partial charge in [0.1, 0.15) is 6.29 Å². The zero-order valence-electron chi connectivity index (χ0n) is 10.2. The summed E-state index contributed by atoms with van der Waals surface area (Å²) < 4.78 is 1.80. The summed E-state index contributed by atoms with van der Waals surface area (Å²) in [7, 11) is 0. The van der Waals surface area contributed by atoms with Gasteiger partial charge in [-0.15, -0.1) is 0 Å². The fourth-order valence-corrected chi connectivity index (χ4v) is 1.95. The average molecular weight is 248 g/mol. The fourth-order valence-electron chi connectivity index (χ4n) is 1.95. The van der Waals surface area contributed by atoms with Crippen molar-refractivity contribution in [1.82, 2.24) is 9.78 Å². The Morgan fingerprint density at radius 1 is 0.895 bits per heavy atom. The van der Waals surface area contributed by atoms with E-state index in [9.17, 15) is 4.79 Å². The summed E-state index contributed by atoms with van der Waals surface area (Å²) in [5, 5.41) is 4.35. The Hall–Kier alpha value is -2.68. The van der Waals surface area contributed by atoms with Crippen LogP contribution < -0.4 is 0 Å². The van der Waals surface area contributed by atoms with E-state index in [0.29, 0.717) is 5.56 Å². The Balaban J connectivity index is 1.94. The van der Waals surface area contributed by atoms with Crippen molar-refractivity contribution in [3.63, 3.8) is 0 Å². The van der Waals surface area contributed by atoms with Crippen LogP contribution in [0.3, 0.4) is 0 Å². The van der Waals surface area contributed by atoms with Crippen LogP contribution >= 0.6 is 0 Å². The van der Waals surface area contributed by atoms with Crippen LogP contribution in [0.4, 0.5) is 0 Å². The molecule has 0 saturated heterocycles. The smallest absolute Gasteiger partial charge is 0.150 e. The third-order valence-electron chi connectivity index (χ3n) is 2.98. The lowest BCUT2D eigenvalue weighted by Crippen LogP contribution is -1.93. The first kappa shape index (κ1) is 11.4. The van der Waals surface area contributed by atoms with Crippen molar-refractivity contribution in [3.05, 3.63) is 72.6 Å². The van der Waals surface area contributed by atoms with E-state index in [-0.39, 0.29) is 0 Å². The number of carbonyl (C=O) groups is 1. The standard InChI is InChI=1S/C16H12N2O/c19-12-13-6-8-16(9-7-13)18-11-15(10-17-18)14-4-2-1-3-5-14/h1-12H. The van der Waals surface area contributed by atoms with Gasteiger partial charge in [-0.1, -0.05) is 30.3 Å². The highest BCUT2D eigenvalue weighted by atomic mass is 16.1. The van der Waals surface area contributed by atoms with E-state index in [1.807, 2.05) is 42.7 Å². The highest BCUT2D eigenvalue weighted by Gasteiger charge is 2.02. The lowest BCUT2D eigenvalue weighted by molar-refractivity contribution is 0.112. The topological polar surface area (TPSA) is 34.9 Å². The van der Waals surface area contributed by atoms with E-state index in [0.717, 1.165) is 23.1 Å². The highest BCUT2D eigenvalue weighted by molar-refractivity contribution is 5.75. The quantitative estimate of drug-likeness (QED) is 0.666. The number of benzene rings is 2. The molecule has 0 fully saturated rings. The van der Waals surface area contributed by atoms with Crippen LogP contribution in [0.25, 0.3) is 16.8 Å². The number of hydrogen-bond acceptors (Lipinski definition) is 2. The Bertz CT molecular complexity index is 684. The molecule has 0 aliphatic rings. The first-order chi connectivity index (χ1) is 9.36. The zero-order chi connectivity index (χ0) is 13.1. The van der Waals surface area contributed by atoms with E-state index in [1.54, 1.807) is 16.8 Å². The van der Waals surface area contributed by atoms with Gasteiger partial charge in [-0.2, -0.15) is 5.10 Å². The maximum atomic E-state index is 10.6. The molecule has 0 bridgehead atoms. The normalized spacial score (nSPS) is 10.3. The van der Waals surface area contributed by atoms with Crippen LogP contribution in [0.1, 0.15) is 10.4 Å². The van der Waals surface area contributed by atoms with Crippen LogP contribution in [-0.4, -0.2) is 16.1 Å². The van der Waals surface area contributed by atoms with Gasteiger partial charge in [-0.05, 0) is 29.8 Å². The lowest BCUT2D eigenvalue weighted by atomic mass is 10.1. The van der Waals surface area contributed by atoms with E-state index < -0.39 is 0 Å². The summed E-state index contributed by atoms with van der Waals surface area (Å²) >= 11 is 0. The van der Waals surface area contributed by atoms with E-state index >= 15 is 0 Å². The van der Waals surface area contributed by atoms with Gasteiger partial charge in [0.25, 0.3) is 0 Å². The number of nitrogens with zero attached hydrogens (tertiary/aromatic N) is 2. The maximum Gasteiger partial charge on any atom is 0.150 e. The predicted molar refractivity (Wildman–Crippen MR) is 74.4 cm³/mol. The van der Waals surface area contributed by atoms with Gasteiger partial charge in [0, 0.05) is 17.3 Å². The molecule has 2 aromatic carbocycles. The second-order valence-electron chi connectivity index (χ2n) is 4.25. The molecule has 0 radical (unpaired) electrons. The van der Waals surface area contributed by atoms with Crippen molar-refractivity contribution in [2.45, 2.75) is 0 Å². The molecule has 3 rings (SSSR count). The zero-order valence-corrected chi connectivity index (χ0v) is 10.2. The van der Waals surface area contributed by atoms with Crippen molar-refractivity contribution >= 4 is 6.29 Å². The third kappa shape index (κ3) is 2.31. The minimum Gasteiger partial charge on any atom is -0.298 e. The van der Waals surface area contributed by atoms with Crippen molar-refractivity contribution in [2.24, 2.45) is 0 Å². The maximum absolute atomic E-state index is 10.6. The molecule has 0 amide bonds. The SMILES string of the molecule is O=Cc1ccc(-n2cc(-c3ccccc3)cn2)cc1. The minimum absolute atomic E-state index is 0.666. The number of aldehydes is 1. The number of carbonyl (C=O) groups excluding carboxylic acids is 1. The molecule has 92 valence electrons. The van der Waals surface area contributed by atoms with E-state index in [1.165, 1.54) is 0 Å². The summed E-state index contributed by atoms with van der Waals surface area (Å²) in [5.74, 6) is 0. The second kappa shape index (κ2) is 4.90. The molecule has 0 saturated carbocycles. The van der Waals surface area contributed by atoms with Gasteiger partial charge in [-0.25, -0.2) is 4.68 Å². The highest BCUT2D eigenvalue weighted by Crippen LogP contribution is 2.19. The van der Waals surface area contributed by atoms with Crippen molar-refractivity contribution in [1.29, 1.82) is 0 Å². The molecule has 0 aliphatic heterocycles. The number of aromatic nitrogens is 2. The first-order valence-electron chi connectivity index (χ1n) is 6.02. The van der Waals surface area contributed by atoms with Gasteiger partial charge in [-0.3, -0.25) is 4.79 Å². The van der Waals surface area contributed by atoms with Crippen molar-refractivity contribution < 1.29 is 4.79 Å². The summed E-state index contributed by atoms with van der Waals surface area (Å²) in [6.45, 7) is 0. The molecular weight excluding hydrogens is 236 g/mol. The van der Waals surface area contributed by atoms with Gasteiger partial charge < -0.3 is 0 Å². The summed E-state index contributed by atoms with van der Waals surface area (Å²) in [4.78, 5) is 10.6. The fraction of sp³-hybridized carbons (Fsp3) is 0. The van der Waals surface area contributed by atoms with Crippen LogP contribution in [0, 0.1) is 0 Å². The number of rotatable bonds is 3. The third-order valence-corrected chi connectivity index (χ3v) is 2.98. The van der Waals surface area contributed by atoms with Gasteiger partial charge in [0.15, 0.2) is 0 Å². The minimum atomic E-state index is 0.666. The van der Waals surface area contributed by atoms with Crippen molar-refractivity contribution in [2.75, 3.05) is 0 Å². The van der Waals surface area contributed by atoms with Gasteiger partial charge in [0.2, 0.25) is 0 Å². The van der Waals surface area contributed by atoms with Crippen LogP contribution in [0.15, 0.2) is 67.0 Å². The van der Waals surface area contributed by atoms with Gasteiger partial charge in [0.05, 0.1) is 11.9 Å². The monoisotopic (exact) mass is 248 g/mol. The van der Waals surface area contributed by atoms with Crippen molar-refractivity contribution in [3.8, 4) is 16.8 Å². The van der Waals surface area contributed by atoms with Crippen LogP contribution in [-0.2, 0) is 0 Å². The lowest BCUT2D eigenvalue weighted by Gasteiger charge is -2.00. The summed E-state index contributed by atoms with van der Waals surface area (Å²) in [6.07, 6.45) is 4.65. The molecule has 3 heteroatoms. The number of hydrogen-bond donors (Lipinski definition) is 0. The Morgan fingerprint density at radius 3 is 2.32 bits per heavy atom. The van der Waals surface area contributed by atoms with E-state index in [2.05, 4.69) is 17.2 Å². The van der Waals surface area contributed by atoms with Crippen LogP contribution in [0.5, 0.6) is 0 Å². The molecule has 3 nitrogen and oxygen atoms in total. The molecule has 3 aromatic rings. The largest absolute Gasteiger partial charge is 0.298 e. The molecular formula is C16H12N2O. The van der Waals surface area contributed by atoms with E-state index in [4.69, 9.17) is 0 Å². The molecule has 0 N–H and O–H groups in total. The predicted octanol–water partition coefficient (Wildman–Crippen LogP) is 3.35.